The summed E-state index contributed by atoms with van der Waals surface area (Å²) in [5.41, 5.74) is 6.33. The van der Waals surface area contributed by atoms with Gasteiger partial charge in [0, 0.05) is 23.3 Å². The second-order valence-electron chi connectivity index (χ2n) is 10.0. The number of pyridine rings is 1. The van der Waals surface area contributed by atoms with Gasteiger partial charge in [-0.25, -0.2) is 0 Å². The molecule has 1 saturated heterocycles. The molecule has 39 heavy (non-hydrogen) atoms. The Balaban J connectivity index is 1.68. The van der Waals surface area contributed by atoms with E-state index in [4.69, 9.17) is 17.0 Å². The van der Waals surface area contributed by atoms with E-state index in [-0.39, 0.29) is 22.7 Å². The molecule has 2 aromatic heterocycles. The highest BCUT2D eigenvalue weighted by molar-refractivity contribution is 7.80. The lowest BCUT2D eigenvalue weighted by molar-refractivity contribution is -0.384. The van der Waals surface area contributed by atoms with E-state index in [0.29, 0.717) is 22.5 Å². The summed E-state index contributed by atoms with van der Waals surface area (Å²) in [5, 5.41) is 16.1. The molecule has 1 N–H and O–H groups in total. The lowest BCUT2D eigenvalue weighted by Crippen LogP contribution is -2.29. The predicted octanol–water partition coefficient (Wildman–Crippen LogP) is 6.71. The Bertz CT molecular complexity index is 1530. The van der Waals surface area contributed by atoms with Crippen LogP contribution in [-0.4, -0.2) is 26.7 Å². The number of hydrogen-bond acceptors (Lipinski definition) is 5. The van der Waals surface area contributed by atoms with Gasteiger partial charge >= 0.3 is 0 Å². The summed E-state index contributed by atoms with van der Waals surface area (Å²) in [5.74, 6) is 0.851. The first-order valence-corrected chi connectivity index (χ1v) is 13.2. The predicted molar refractivity (Wildman–Crippen MR) is 157 cm³/mol. The Morgan fingerprint density at radius 2 is 1.82 bits per heavy atom. The molecule has 2 atom stereocenters. The molecule has 1 aliphatic heterocycles. The largest absolute Gasteiger partial charge is 0.496 e. The van der Waals surface area contributed by atoms with Crippen molar-refractivity contribution < 1.29 is 9.66 Å². The Labute approximate surface area is 233 Å². The van der Waals surface area contributed by atoms with E-state index >= 15 is 0 Å². The van der Waals surface area contributed by atoms with Gasteiger partial charge in [-0.3, -0.25) is 15.1 Å². The van der Waals surface area contributed by atoms with Crippen LogP contribution in [0.2, 0.25) is 0 Å². The maximum atomic E-state index is 12.0. The van der Waals surface area contributed by atoms with Gasteiger partial charge in [-0.1, -0.05) is 32.0 Å². The third-order valence-electron chi connectivity index (χ3n) is 7.35. The maximum Gasteiger partial charge on any atom is 0.296 e. The number of nitro groups is 1. The summed E-state index contributed by atoms with van der Waals surface area (Å²) < 4.78 is 7.19. The van der Waals surface area contributed by atoms with E-state index in [1.807, 2.05) is 36.6 Å². The zero-order valence-electron chi connectivity index (χ0n) is 22.6. The summed E-state index contributed by atoms with van der Waals surface area (Å²) in [6.45, 7) is 8.30. The molecule has 0 aliphatic carbocycles. The molecule has 0 unspecified atom stereocenters. The smallest absolute Gasteiger partial charge is 0.296 e. The molecule has 0 spiro atoms. The minimum atomic E-state index is -0.373. The van der Waals surface area contributed by atoms with Crippen molar-refractivity contribution in [1.29, 1.82) is 0 Å². The molecular formula is C30H31N5O3S. The van der Waals surface area contributed by atoms with Gasteiger partial charge in [0.1, 0.15) is 11.4 Å². The van der Waals surface area contributed by atoms with E-state index in [1.165, 1.54) is 18.7 Å². The van der Waals surface area contributed by atoms with Crippen molar-refractivity contribution in [2.75, 3.05) is 12.0 Å². The Morgan fingerprint density at radius 3 is 2.44 bits per heavy atom. The molecule has 1 aliphatic rings. The monoisotopic (exact) mass is 541 g/mol. The molecule has 8 nitrogen and oxygen atoms in total. The lowest BCUT2D eigenvalue weighted by Gasteiger charge is -2.28. The van der Waals surface area contributed by atoms with Crippen molar-refractivity contribution in [3.05, 3.63) is 111 Å². The molecular weight excluding hydrogens is 510 g/mol. The van der Waals surface area contributed by atoms with Gasteiger partial charge in [-0.2, -0.15) is 0 Å². The molecule has 9 heteroatoms. The van der Waals surface area contributed by atoms with Gasteiger partial charge in [0.15, 0.2) is 5.11 Å². The highest BCUT2D eigenvalue weighted by atomic mass is 32.1. The van der Waals surface area contributed by atoms with Crippen LogP contribution in [0.25, 0.3) is 5.69 Å². The second-order valence-corrected chi connectivity index (χ2v) is 10.4. The summed E-state index contributed by atoms with van der Waals surface area (Å²) in [6.07, 6.45) is 1.78. The van der Waals surface area contributed by atoms with Crippen LogP contribution in [0.1, 0.15) is 60.1 Å². The molecule has 0 amide bonds. The number of hydrogen-bond donors (Lipinski definition) is 1. The summed E-state index contributed by atoms with van der Waals surface area (Å²) in [6, 6.07) is 20.9. The average molecular weight is 542 g/mol. The van der Waals surface area contributed by atoms with Crippen LogP contribution in [0.4, 0.5) is 11.4 Å². The third-order valence-corrected chi connectivity index (χ3v) is 7.66. The topological polar surface area (TPSA) is 85.5 Å². The highest BCUT2D eigenvalue weighted by Gasteiger charge is 2.42. The number of methoxy groups -OCH3 is 1. The lowest BCUT2D eigenvalue weighted by atomic mass is 9.96. The molecule has 0 bridgehead atoms. The van der Waals surface area contributed by atoms with Crippen molar-refractivity contribution in [3.63, 3.8) is 0 Å². The van der Waals surface area contributed by atoms with Crippen molar-refractivity contribution in [1.82, 2.24) is 14.9 Å². The van der Waals surface area contributed by atoms with Gasteiger partial charge in [0.05, 0.1) is 35.9 Å². The first-order valence-electron chi connectivity index (χ1n) is 12.8. The van der Waals surface area contributed by atoms with Crippen molar-refractivity contribution >= 4 is 28.7 Å². The first-order chi connectivity index (χ1) is 18.7. The molecule has 4 aromatic rings. The highest BCUT2D eigenvalue weighted by Crippen LogP contribution is 2.44. The number of ether oxygens (including phenoxy) is 1. The number of benzene rings is 2. The van der Waals surface area contributed by atoms with Gasteiger partial charge in [-0.05, 0) is 85.6 Å². The zero-order chi connectivity index (χ0) is 27.8. The second kappa shape index (κ2) is 10.5. The van der Waals surface area contributed by atoms with Crippen LogP contribution < -0.4 is 15.0 Å². The van der Waals surface area contributed by atoms with Crippen LogP contribution in [0, 0.1) is 24.0 Å². The molecule has 1 fully saturated rings. The minimum Gasteiger partial charge on any atom is -0.496 e. The van der Waals surface area contributed by atoms with Crippen LogP contribution in [0.15, 0.2) is 72.9 Å². The molecule has 5 rings (SSSR count). The average Bonchev–Trinajstić information content (AvgIpc) is 3.43. The maximum absolute atomic E-state index is 12.0. The fraction of sp³-hybridized carbons (Fsp3) is 0.267. The van der Waals surface area contributed by atoms with Crippen LogP contribution in [0.3, 0.4) is 0 Å². The standard InChI is InChI=1S/C30H31N5O3S/c1-18(2)21-9-11-22(12-10-21)34-29(28(32-30(34)39)25-8-6-7-15-31-25)24-16-19(3)33(20(24)4)26-14-13-23(38-5)17-27(26)35(36)37/h6-18,28-29H,1-5H3,(H,32,39)/t28-,29-/m1/s1. The fourth-order valence-corrected chi connectivity index (χ4v) is 5.74. The molecule has 200 valence electrons. The Morgan fingerprint density at radius 1 is 1.08 bits per heavy atom. The van der Waals surface area contributed by atoms with E-state index in [0.717, 1.165) is 28.3 Å². The van der Waals surface area contributed by atoms with Gasteiger partial charge in [0.25, 0.3) is 5.69 Å². The number of thiocarbonyl (C=S) groups is 1. The van der Waals surface area contributed by atoms with Crippen molar-refractivity contribution in [2.45, 2.75) is 45.7 Å². The van der Waals surface area contributed by atoms with E-state index in [2.05, 4.69) is 59.4 Å². The first kappa shape index (κ1) is 26.4. The van der Waals surface area contributed by atoms with Crippen molar-refractivity contribution in [3.8, 4) is 11.4 Å². The van der Waals surface area contributed by atoms with Crippen LogP contribution in [-0.2, 0) is 0 Å². The summed E-state index contributed by atoms with van der Waals surface area (Å²) in [4.78, 5) is 18.4. The molecule has 3 heterocycles. The SMILES string of the molecule is COc1ccc(-n2c(C)cc([C@@H]3[C@@H](c4ccccn4)NC(=S)N3c3ccc(C(C)C)cc3)c2C)c([N+](=O)[O-])c1. The molecule has 0 saturated carbocycles. The van der Waals surface area contributed by atoms with Crippen molar-refractivity contribution in [2.24, 2.45) is 0 Å². The van der Waals surface area contributed by atoms with Crippen LogP contribution in [0.5, 0.6) is 5.75 Å². The van der Waals surface area contributed by atoms with Gasteiger partial charge in [-0.15, -0.1) is 0 Å². The minimum absolute atomic E-state index is 0.0230. The van der Waals surface area contributed by atoms with Gasteiger partial charge in [0.2, 0.25) is 0 Å². The quantitative estimate of drug-likeness (QED) is 0.158. The summed E-state index contributed by atoms with van der Waals surface area (Å²) >= 11 is 5.90. The van der Waals surface area contributed by atoms with E-state index < -0.39 is 0 Å². The molecule has 0 radical (unpaired) electrons. The molecule has 2 aromatic carbocycles. The summed E-state index contributed by atoms with van der Waals surface area (Å²) in [7, 11) is 1.50. The van der Waals surface area contributed by atoms with E-state index in [9.17, 15) is 10.1 Å². The number of rotatable bonds is 7. The number of aryl methyl sites for hydroxylation is 1. The fourth-order valence-electron chi connectivity index (χ4n) is 5.39. The van der Waals surface area contributed by atoms with Gasteiger partial charge < -0.3 is 19.5 Å². The number of aromatic nitrogens is 2. The number of nitro benzene ring substituents is 1. The zero-order valence-corrected chi connectivity index (χ0v) is 23.4. The number of nitrogens with one attached hydrogen (secondary N) is 1. The normalized spacial score (nSPS) is 17.0. The Kier molecular flexibility index (Phi) is 7.10. The number of nitrogens with zero attached hydrogens (tertiary/aromatic N) is 4. The third kappa shape index (κ3) is 4.74. The van der Waals surface area contributed by atoms with E-state index in [1.54, 1.807) is 18.3 Å². The van der Waals surface area contributed by atoms with Crippen LogP contribution >= 0.6 is 12.2 Å². The Hall–Kier alpha value is -4.24. The number of anilines is 1.